The van der Waals surface area contributed by atoms with E-state index in [1.54, 1.807) is 0 Å². The standard InChI is InChI=1S/C21H21ClN4O4S/c1-14(27)23-19-8-7-17(13-18(19)22)31(28,29)26-11-9-15(10-12-26)20-24-21(30-25-20)16-5-3-2-4-6-16/h2-8,13,15H,9-12H2,1H3,(H,23,27). The molecule has 1 fully saturated rings. The first-order chi connectivity index (χ1) is 14.8. The number of nitrogens with zero attached hydrogens (tertiary/aromatic N) is 3. The lowest BCUT2D eigenvalue weighted by atomic mass is 9.97. The number of benzene rings is 2. The number of hydrogen-bond donors (Lipinski definition) is 1. The van der Waals surface area contributed by atoms with E-state index in [1.165, 1.54) is 29.4 Å². The molecular formula is C21H21ClN4O4S. The Hall–Kier alpha value is -2.75. The van der Waals surface area contributed by atoms with Gasteiger partial charge >= 0.3 is 0 Å². The quantitative estimate of drug-likeness (QED) is 0.618. The summed E-state index contributed by atoms with van der Waals surface area (Å²) in [5.41, 5.74) is 1.22. The second kappa shape index (κ2) is 8.78. The average molecular weight is 461 g/mol. The maximum Gasteiger partial charge on any atom is 0.257 e. The molecule has 1 N–H and O–H groups in total. The number of amides is 1. The number of hydrogen-bond acceptors (Lipinski definition) is 6. The normalized spacial score (nSPS) is 15.7. The first-order valence-corrected chi connectivity index (χ1v) is 11.6. The first-order valence-electron chi connectivity index (χ1n) is 9.81. The summed E-state index contributed by atoms with van der Waals surface area (Å²) in [6, 6.07) is 13.8. The van der Waals surface area contributed by atoms with Crippen LogP contribution in [0.25, 0.3) is 11.5 Å². The van der Waals surface area contributed by atoms with Crippen LogP contribution in [0.15, 0.2) is 57.9 Å². The minimum Gasteiger partial charge on any atom is -0.334 e. The summed E-state index contributed by atoms with van der Waals surface area (Å²) in [5.74, 6) is 0.799. The van der Waals surface area contributed by atoms with Crippen LogP contribution in [0.5, 0.6) is 0 Å². The number of rotatable bonds is 5. The van der Waals surface area contributed by atoms with Crippen molar-refractivity contribution in [2.75, 3.05) is 18.4 Å². The minimum atomic E-state index is -3.70. The van der Waals surface area contributed by atoms with E-state index in [9.17, 15) is 13.2 Å². The molecule has 0 saturated carbocycles. The van der Waals surface area contributed by atoms with Crippen LogP contribution in [0.1, 0.15) is 31.5 Å². The first kappa shape index (κ1) is 21.5. The lowest BCUT2D eigenvalue weighted by molar-refractivity contribution is -0.114. The predicted octanol–water partition coefficient (Wildman–Crippen LogP) is 3.92. The SMILES string of the molecule is CC(=O)Nc1ccc(S(=O)(=O)N2CCC(c3noc(-c4ccccc4)n3)CC2)cc1Cl. The van der Waals surface area contributed by atoms with Crippen LogP contribution in [0.3, 0.4) is 0 Å². The third kappa shape index (κ3) is 4.63. The molecular weight excluding hydrogens is 440 g/mol. The van der Waals surface area contributed by atoms with Gasteiger partial charge in [0.05, 0.1) is 15.6 Å². The van der Waals surface area contributed by atoms with Crippen molar-refractivity contribution in [2.45, 2.75) is 30.6 Å². The Balaban J connectivity index is 1.44. The average Bonchev–Trinajstić information content (AvgIpc) is 3.26. The lowest BCUT2D eigenvalue weighted by Gasteiger charge is -2.29. The van der Waals surface area contributed by atoms with Crippen molar-refractivity contribution in [3.05, 3.63) is 59.4 Å². The van der Waals surface area contributed by atoms with E-state index in [0.29, 0.717) is 43.3 Å². The van der Waals surface area contributed by atoms with Gasteiger partial charge in [0, 0.05) is 31.5 Å². The molecule has 1 aromatic heterocycles. The number of carbonyl (C=O) groups is 1. The molecule has 10 heteroatoms. The number of halogens is 1. The van der Waals surface area contributed by atoms with Crippen molar-refractivity contribution in [2.24, 2.45) is 0 Å². The Labute approximate surface area is 185 Å². The zero-order valence-corrected chi connectivity index (χ0v) is 18.4. The molecule has 0 unspecified atom stereocenters. The number of anilines is 1. The van der Waals surface area contributed by atoms with Crippen LogP contribution in [-0.2, 0) is 14.8 Å². The van der Waals surface area contributed by atoms with Crippen LogP contribution in [0, 0.1) is 0 Å². The molecule has 8 nitrogen and oxygen atoms in total. The highest BCUT2D eigenvalue weighted by Crippen LogP contribution is 2.32. The molecule has 4 rings (SSSR count). The summed E-state index contributed by atoms with van der Waals surface area (Å²) in [5, 5.41) is 6.84. The van der Waals surface area contributed by atoms with E-state index >= 15 is 0 Å². The third-order valence-electron chi connectivity index (χ3n) is 5.17. The molecule has 162 valence electrons. The molecule has 2 aromatic carbocycles. The van der Waals surface area contributed by atoms with Gasteiger partial charge < -0.3 is 9.84 Å². The molecule has 0 spiro atoms. The van der Waals surface area contributed by atoms with Gasteiger partial charge in [-0.3, -0.25) is 4.79 Å². The molecule has 2 heterocycles. The maximum absolute atomic E-state index is 13.0. The van der Waals surface area contributed by atoms with Gasteiger partial charge in [-0.2, -0.15) is 9.29 Å². The van der Waals surface area contributed by atoms with E-state index in [-0.39, 0.29) is 21.7 Å². The van der Waals surface area contributed by atoms with Gasteiger partial charge in [0.25, 0.3) is 5.89 Å². The van der Waals surface area contributed by atoms with E-state index in [2.05, 4.69) is 15.5 Å². The maximum atomic E-state index is 13.0. The third-order valence-corrected chi connectivity index (χ3v) is 7.38. The molecule has 0 atom stereocenters. The highest BCUT2D eigenvalue weighted by molar-refractivity contribution is 7.89. The van der Waals surface area contributed by atoms with Gasteiger partial charge in [-0.05, 0) is 43.2 Å². The zero-order valence-electron chi connectivity index (χ0n) is 16.8. The molecule has 1 aliphatic heterocycles. The van der Waals surface area contributed by atoms with Crippen LogP contribution in [0.2, 0.25) is 5.02 Å². The topological polar surface area (TPSA) is 105 Å². The molecule has 0 bridgehead atoms. The largest absolute Gasteiger partial charge is 0.334 e. The fourth-order valence-electron chi connectivity index (χ4n) is 3.55. The van der Waals surface area contributed by atoms with Gasteiger partial charge in [-0.25, -0.2) is 8.42 Å². The Morgan fingerprint density at radius 2 is 1.87 bits per heavy atom. The zero-order chi connectivity index (χ0) is 22.0. The van der Waals surface area contributed by atoms with Crippen LogP contribution in [-0.4, -0.2) is 41.9 Å². The second-order valence-electron chi connectivity index (χ2n) is 7.32. The predicted molar refractivity (Wildman–Crippen MR) is 116 cm³/mol. The van der Waals surface area contributed by atoms with E-state index < -0.39 is 10.0 Å². The number of aromatic nitrogens is 2. The molecule has 3 aromatic rings. The van der Waals surface area contributed by atoms with Gasteiger partial charge in [-0.1, -0.05) is 35.0 Å². The molecule has 0 aliphatic carbocycles. The Morgan fingerprint density at radius 3 is 2.52 bits per heavy atom. The summed E-state index contributed by atoms with van der Waals surface area (Å²) in [4.78, 5) is 15.8. The number of nitrogens with one attached hydrogen (secondary N) is 1. The van der Waals surface area contributed by atoms with Crippen LogP contribution < -0.4 is 5.32 Å². The summed E-state index contributed by atoms with van der Waals surface area (Å²) in [7, 11) is -3.70. The van der Waals surface area contributed by atoms with Crippen molar-refractivity contribution in [3.8, 4) is 11.5 Å². The summed E-state index contributed by atoms with van der Waals surface area (Å²) in [6.45, 7) is 2.04. The number of sulfonamides is 1. The molecule has 1 aliphatic rings. The van der Waals surface area contributed by atoms with Crippen molar-refractivity contribution < 1.29 is 17.7 Å². The van der Waals surface area contributed by atoms with Crippen LogP contribution >= 0.6 is 11.6 Å². The highest BCUT2D eigenvalue weighted by atomic mass is 35.5. The lowest BCUT2D eigenvalue weighted by Crippen LogP contribution is -2.38. The molecule has 0 radical (unpaired) electrons. The molecule has 1 amide bonds. The molecule has 1 saturated heterocycles. The monoisotopic (exact) mass is 460 g/mol. The van der Waals surface area contributed by atoms with Gasteiger partial charge in [0.1, 0.15) is 0 Å². The van der Waals surface area contributed by atoms with Gasteiger partial charge in [-0.15, -0.1) is 0 Å². The smallest absolute Gasteiger partial charge is 0.257 e. The number of piperidine rings is 1. The second-order valence-corrected chi connectivity index (χ2v) is 9.67. The van der Waals surface area contributed by atoms with E-state index in [0.717, 1.165) is 5.56 Å². The highest BCUT2D eigenvalue weighted by Gasteiger charge is 2.32. The Morgan fingerprint density at radius 1 is 1.16 bits per heavy atom. The Bertz CT molecular complexity index is 1190. The van der Waals surface area contributed by atoms with E-state index in [4.69, 9.17) is 16.1 Å². The summed E-state index contributed by atoms with van der Waals surface area (Å²) < 4.78 is 32.9. The summed E-state index contributed by atoms with van der Waals surface area (Å²) >= 11 is 6.15. The fourth-order valence-corrected chi connectivity index (χ4v) is 5.34. The minimum absolute atomic E-state index is 0.0263. The van der Waals surface area contributed by atoms with Crippen molar-refractivity contribution in [3.63, 3.8) is 0 Å². The summed E-state index contributed by atoms with van der Waals surface area (Å²) in [6.07, 6.45) is 1.18. The Kier molecular flexibility index (Phi) is 6.08. The van der Waals surface area contributed by atoms with Crippen LogP contribution in [0.4, 0.5) is 5.69 Å². The molecule has 31 heavy (non-hydrogen) atoms. The number of carbonyl (C=O) groups excluding carboxylic acids is 1. The van der Waals surface area contributed by atoms with Gasteiger partial charge in [0.2, 0.25) is 15.9 Å². The van der Waals surface area contributed by atoms with Crippen molar-refractivity contribution >= 4 is 33.2 Å². The van der Waals surface area contributed by atoms with E-state index in [1.807, 2.05) is 30.3 Å². The van der Waals surface area contributed by atoms with Crippen molar-refractivity contribution in [1.82, 2.24) is 14.4 Å². The van der Waals surface area contributed by atoms with Crippen molar-refractivity contribution in [1.29, 1.82) is 0 Å². The fraction of sp³-hybridized carbons (Fsp3) is 0.286. The van der Waals surface area contributed by atoms with Gasteiger partial charge in [0.15, 0.2) is 5.82 Å².